The fourth-order valence-corrected chi connectivity index (χ4v) is 4.63. The molecule has 0 aliphatic heterocycles. The molecule has 0 radical (unpaired) electrons. The van der Waals surface area contributed by atoms with Gasteiger partial charge in [0.1, 0.15) is 17.3 Å². The van der Waals surface area contributed by atoms with Crippen LogP contribution in [0, 0.1) is 21.4 Å². The molecule has 1 saturated carbocycles. The van der Waals surface area contributed by atoms with Gasteiger partial charge in [-0.15, -0.1) is 0 Å². The Kier molecular flexibility index (Phi) is 5.97. The second-order valence-electron chi connectivity index (χ2n) is 8.24. The number of anilines is 2. The van der Waals surface area contributed by atoms with Gasteiger partial charge < -0.3 is 20.3 Å². The molecule has 9 heteroatoms. The van der Waals surface area contributed by atoms with E-state index in [1.807, 2.05) is 30.6 Å². The Morgan fingerprint density at radius 2 is 2.09 bits per heavy atom. The van der Waals surface area contributed by atoms with Crippen molar-refractivity contribution in [2.45, 2.75) is 38.1 Å². The Morgan fingerprint density at radius 3 is 2.75 bits per heavy atom. The fourth-order valence-electron chi connectivity index (χ4n) is 4.63. The number of nitro benzene ring substituents is 1. The molecule has 9 nitrogen and oxygen atoms in total. The summed E-state index contributed by atoms with van der Waals surface area (Å²) in [6.45, 7) is 0.133. The van der Waals surface area contributed by atoms with Crippen LogP contribution in [0.3, 0.4) is 0 Å². The molecule has 166 valence electrons. The maximum Gasteiger partial charge on any atom is 0.301 e. The lowest BCUT2D eigenvalue weighted by atomic mass is 9.95. The first-order valence-electron chi connectivity index (χ1n) is 10.8. The number of hydrogen-bond donors (Lipinski definition) is 2. The molecule has 1 heterocycles. The van der Waals surface area contributed by atoms with Crippen LogP contribution in [0.5, 0.6) is 0 Å². The molecule has 0 unspecified atom stereocenters. The van der Waals surface area contributed by atoms with Gasteiger partial charge in [0.25, 0.3) is 0 Å². The smallest absolute Gasteiger partial charge is 0.301 e. The first-order chi connectivity index (χ1) is 15.5. The molecule has 2 aromatic carbocycles. The van der Waals surface area contributed by atoms with Gasteiger partial charge in [-0.05, 0) is 36.6 Å². The number of nitrogens with zero attached hydrogens (tertiary/aromatic N) is 5. The quantitative estimate of drug-likeness (QED) is 0.340. The Hall–Kier alpha value is -3.64. The molecule has 1 fully saturated rings. The number of hydrogen-bond acceptors (Lipinski definition) is 7. The average molecular weight is 435 g/mol. The van der Waals surface area contributed by atoms with Gasteiger partial charge >= 0.3 is 5.69 Å². The lowest BCUT2D eigenvalue weighted by Gasteiger charge is -2.23. The van der Waals surface area contributed by atoms with E-state index in [-0.39, 0.29) is 30.1 Å². The van der Waals surface area contributed by atoms with Crippen molar-refractivity contribution in [2.24, 2.45) is 0 Å². The van der Waals surface area contributed by atoms with Crippen molar-refractivity contribution in [3.8, 4) is 17.2 Å². The van der Waals surface area contributed by atoms with Gasteiger partial charge in [-0.25, -0.2) is 4.98 Å². The zero-order chi connectivity index (χ0) is 22.8. The third kappa shape index (κ3) is 3.74. The Balaban J connectivity index is 1.86. The maximum absolute atomic E-state index is 11.9. The second kappa shape index (κ2) is 8.85. The van der Waals surface area contributed by atoms with Gasteiger partial charge in [0.05, 0.1) is 40.1 Å². The highest BCUT2D eigenvalue weighted by atomic mass is 16.6. The molecule has 0 saturated heterocycles. The summed E-state index contributed by atoms with van der Waals surface area (Å²) in [5.74, 6) is 0. The van der Waals surface area contributed by atoms with Crippen LogP contribution in [0.2, 0.25) is 0 Å². The lowest BCUT2D eigenvalue weighted by molar-refractivity contribution is -0.383. The first-order valence-corrected chi connectivity index (χ1v) is 10.8. The number of likely N-dealkylation sites (N-methyl/N-ethyl adjacent to an activating group) is 1. The van der Waals surface area contributed by atoms with Crippen LogP contribution < -0.4 is 10.6 Å². The zero-order valence-corrected chi connectivity index (χ0v) is 18.0. The van der Waals surface area contributed by atoms with Crippen LogP contribution in [-0.2, 0) is 0 Å². The number of nitrogen functional groups attached to an aromatic ring is 1. The normalized spacial score (nSPS) is 14.4. The van der Waals surface area contributed by atoms with E-state index in [9.17, 15) is 20.5 Å². The van der Waals surface area contributed by atoms with Gasteiger partial charge in [-0.2, -0.15) is 5.26 Å². The van der Waals surface area contributed by atoms with E-state index in [1.165, 1.54) is 19.3 Å². The molecule has 4 rings (SSSR count). The molecular formula is C23H26N6O3. The molecule has 3 aromatic rings. The summed E-state index contributed by atoms with van der Waals surface area (Å²) in [4.78, 5) is 17.6. The number of nitriles is 1. The number of aromatic nitrogens is 2. The summed E-state index contributed by atoms with van der Waals surface area (Å²) >= 11 is 0. The van der Waals surface area contributed by atoms with E-state index in [4.69, 9.17) is 5.73 Å². The van der Waals surface area contributed by atoms with Gasteiger partial charge in [0.2, 0.25) is 0 Å². The number of nitrogens with two attached hydrogens (primary N) is 1. The molecular weight excluding hydrogens is 408 g/mol. The Bertz CT molecular complexity index is 1210. The molecule has 1 aliphatic rings. The molecule has 0 atom stereocenters. The Labute approximate surface area is 185 Å². The highest BCUT2D eigenvalue weighted by Crippen LogP contribution is 2.42. The van der Waals surface area contributed by atoms with Crippen LogP contribution in [0.4, 0.5) is 17.1 Å². The minimum atomic E-state index is -0.549. The van der Waals surface area contributed by atoms with Crippen LogP contribution in [0.15, 0.2) is 30.6 Å². The topological polar surface area (TPSA) is 134 Å². The number of aliphatic hydroxyl groups excluding tert-OH is 1. The third-order valence-electron chi connectivity index (χ3n) is 6.31. The summed E-state index contributed by atoms with van der Waals surface area (Å²) in [7, 11) is 1.70. The van der Waals surface area contributed by atoms with E-state index in [0.717, 1.165) is 23.9 Å². The van der Waals surface area contributed by atoms with Gasteiger partial charge in [-0.3, -0.25) is 10.1 Å². The van der Waals surface area contributed by atoms with E-state index in [0.29, 0.717) is 22.9 Å². The zero-order valence-electron chi connectivity index (χ0n) is 18.0. The predicted molar refractivity (Wildman–Crippen MR) is 123 cm³/mol. The van der Waals surface area contributed by atoms with E-state index in [2.05, 4.69) is 9.55 Å². The van der Waals surface area contributed by atoms with Crippen LogP contribution in [0.25, 0.3) is 22.2 Å². The third-order valence-corrected chi connectivity index (χ3v) is 6.31. The van der Waals surface area contributed by atoms with E-state index in [1.54, 1.807) is 18.0 Å². The Morgan fingerprint density at radius 1 is 1.34 bits per heavy atom. The minimum Gasteiger partial charge on any atom is -0.395 e. The van der Waals surface area contributed by atoms with Crippen molar-refractivity contribution in [3.63, 3.8) is 0 Å². The molecule has 1 aromatic heterocycles. The SMILES string of the molecule is CN(CCO)c1cc(-c2ccc3c(c2)ncn3C2CCCCC2)c([N+](=O)[O-])c(N)c1C#N. The van der Waals surface area contributed by atoms with Crippen molar-refractivity contribution in [2.75, 3.05) is 30.8 Å². The van der Waals surface area contributed by atoms with Crippen LogP contribution in [-0.4, -0.2) is 39.8 Å². The number of nitro groups is 1. The summed E-state index contributed by atoms with van der Waals surface area (Å²) in [5.41, 5.74) is 8.78. The van der Waals surface area contributed by atoms with E-state index >= 15 is 0 Å². The molecule has 1 aliphatic carbocycles. The standard InChI is InChI=1S/C23H26N6O3/c1-27(9-10-30)21-12-17(23(29(31)32)22(25)18(21)13-24)15-7-8-20-19(11-15)26-14-28(20)16-5-3-2-4-6-16/h7-8,11-12,14,16,30H,2-6,9-10,25H2,1H3. The minimum absolute atomic E-state index is 0.0269. The molecule has 0 amide bonds. The van der Waals surface area contributed by atoms with Crippen molar-refractivity contribution in [3.05, 3.63) is 46.3 Å². The van der Waals surface area contributed by atoms with Gasteiger partial charge in [-0.1, -0.05) is 25.3 Å². The second-order valence-corrected chi connectivity index (χ2v) is 8.24. The molecule has 32 heavy (non-hydrogen) atoms. The number of aliphatic hydroxyl groups is 1. The highest BCUT2D eigenvalue weighted by Gasteiger charge is 2.27. The number of rotatable bonds is 6. The fraction of sp³-hybridized carbons (Fsp3) is 0.391. The summed E-state index contributed by atoms with van der Waals surface area (Å²) in [5, 5.41) is 30.8. The van der Waals surface area contributed by atoms with Crippen molar-refractivity contribution < 1.29 is 10.0 Å². The largest absolute Gasteiger partial charge is 0.395 e. The number of fused-ring (bicyclic) bond motifs is 1. The van der Waals surface area contributed by atoms with Gasteiger partial charge in [0, 0.05) is 19.6 Å². The van der Waals surface area contributed by atoms with Crippen molar-refractivity contribution >= 4 is 28.1 Å². The summed E-state index contributed by atoms with van der Waals surface area (Å²) < 4.78 is 2.21. The van der Waals surface area contributed by atoms with Crippen molar-refractivity contribution in [1.29, 1.82) is 5.26 Å². The van der Waals surface area contributed by atoms with E-state index < -0.39 is 4.92 Å². The molecule has 0 spiro atoms. The molecule has 0 bridgehead atoms. The summed E-state index contributed by atoms with van der Waals surface area (Å²) in [6, 6.07) is 9.62. The monoisotopic (exact) mass is 434 g/mol. The predicted octanol–water partition coefficient (Wildman–Crippen LogP) is 4.00. The summed E-state index contributed by atoms with van der Waals surface area (Å²) in [6.07, 6.45) is 7.81. The van der Waals surface area contributed by atoms with Crippen molar-refractivity contribution in [1.82, 2.24) is 9.55 Å². The number of benzene rings is 2. The van der Waals surface area contributed by atoms with Crippen LogP contribution in [0.1, 0.15) is 43.7 Å². The number of imidazole rings is 1. The highest BCUT2D eigenvalue weighted by molar-refractivity contribution is 5.93. The average Bonchev–Trinajstić information content (AvgIpc) is 3.22. The first kappa shape index (κ1) is 21.6. The van der Waals surface area contributed by atoms with Gasteiger partial charge in [0.15, 0.2) is 0 Å². The lowest BCUT2D eigenvalue weighted by Crippen LogP contribution is -2.23. The maximum atomic E-state index is 11.9. The van der Waals surface area contributed by atoms with Crippen LogP contribution >= 0.6 is 0 Å². The molecule has 3 N–H and O–H groups in total.